The zero-order valence-electron chi connectivity index (χ0n) is 10.6. The Hall–Kier alpha value is -2.57. The van der Waals surface area contributed by atoms with Crippen LogP contribution in [0.2, 0.25) is 0 Å². The molecule has 0 aliphatic carbocycles. The number of nitrogens with two attached hydrogens (primary N) is 1. The van der Waals surface area contributed by atoms with Crippen molar-refractivity contribution in [2.24, 2.45) is 5.73 Å². The molecule has 21 heavy (non-hydrogen) atoms. The van der Waals surface area contributed by atoms with Crippen molar-refractivity contribution in [1.29, 1.82) is 0 Å². The zero-order chi connectivity index (χ0) is 15.6. The number of hydrogen-bond acceptors (Lipinski definition) is 2. The van der Waals surface area contributed by atoms with Crippen molar-refractivity contribution in [2.45, 2.75) is 6.54 Å². The maximum Gasteiger partial charge on any atom is 0.251 e. The van der Waals surface area contributed by atoms with E-state index in [0.717, 1.165) is 18.2 Å². The third-order valence-corrected chi connectivity index (χ3v) is 2.80. The number of benzene rings is 2. The van der Waals surface area contributed by atoms with Gasteiger partial charge in [0.15, 0.2) is 11.6 Å². The highest BCUT2D eigenvalue weighted by atomic mass is 19.2. The molecule has 0 spiro atoms. The van der Waals surface area contributed by atoms with E-state index >= 15 is 0 Å². The van der Waals surface area contributed by atoms with E-state index in [1.165, 1.54) is 6.07 Å². The van der Waals surface area contributed by atoms with Crippen LogP contribution in [0.3, 0.4) is 0 Å². The van der Waals surface area contributed by atoms with E-state index in [9.17, 15) is 22.4 Å². The van der Waals surface area contributed by atoms with E-state index in [0.29, 0.717) is 6.07 Å². The third-order valence-electron chi connectivity index (χ3n) is 2.80. The molecule has 110 valence electrons. The van der Waals surface area contributed by atoms with Crippen LogP contribution in [0, 0.1) is 23.3 Å². The number of anilines is 1. The fourth-order valence-corrected chi connectivity index (χ4v) is 1.72. The molecule has 7 heteroatoms. The van der Waals surface area contributed by atoms with Crippen LogP contribution >= 0.6 is 0 Å². The summed E-state index contributed by atoms with van der Waals surface area (Å²) in [5.41, 5.74) is 4.84. The summed E-state index contributed by atoms with van der Waals surface area (Å²) >= 11 is 0. The molecule has 3 nitrogen and oxygen atoms in total. The SMILES string of the molecule is NC(=O)c1cc(NCc2cc(F)c(F)cc2F)ccc1F. The number of hydrogen-bond donors (Lipinski definition) is 2. The van der Waals surface area contributed by atoms with Crippen LogP contribution in [-0.2, 0) is 6.54 Å². The first-order valence-corrected chi connectivity index (χ1v) is 5.85. The second-order valence-electron chi connectivity index (χ2n) is 4.27. The maximum atomic E-state index is 13.4. The summed E-state index contributed by atoms with van der Waals surface area (Å²) in [7, 11) is 0. The van der Waals surface area contributed by atoms with Crippen molar-refractivity contribution in [3.8, 4) is 0 Å². The van der Waals surface area contributed by atoms with Gasteiger partial charge in [-0.15, -0.1) is 0 Å². The molecule has 0 atom stereocenters. The van der Waals surface area contributed by atoms with Gasteiger partial charge in [-0.2, -0.15) is 0 Å². The molecule has 0 unspecified atom stereocenters. The highest BCUT2D eigenvalue weighted by Crippen LogP contribution is 2.18. The fourth-order valence-electron chi connectivity index (χ4n) is 1.72. The lowest BCUT2D eigenvalue weighted by atomic mass is 10.1. The van der Waals surface area contributed by atoms with Crippen molar-refractivity contribution in [2.75, 3.05) is 5.32 Å². The Morgan fingerprint density at radius 2 is 1.62 bits per heavy atom. The van der Waals surface area contributed by atoms with Gasteiger partial charge in [0.25, 0.3) is 5.91 Å². The van der Waals surface area contributed by atoms with Gasteiger partial charge in [-0.25, -0.2) is 17.6 Å². The minimum absolute atomic E-state index is 0.112. The van der Waals surface area contributed by atoms with E-state index in [1.807, 2.05) is 0 Å². The molecule has 2 aromatic rings. The summed E-state index contributed by atoms with van der Waals surface area (Å²) in [5.74, 6) is -5.11. The van der Waals surface area contributed by atoms with Crippen LogP contribution in [-0.4, -0.2) is 5.91 Å². The molecule has 0 saturated carbocycles. The Morgan fingerprint density at radius 3 is 2.29 bits per heavy atom. The summed E-state index contributed by atoms with van der Waals surface area (Å²) in [6, 6.07) is 4.63. The topological polar surface area (TPSA) is 55.1 Å². The van der Waals surface area contributed by atoms with Crippen LogP contribution in [0.4, 0.5) is 23.2 Å². The van der Waals surface area contributed by atoms with E-state index in [1.54, 1.807) is 0 Å². The van der Waals surface area contributed by atoms with Crippen LogP contribution in [0.25, 0.3) is 0 Å². The molecular weight excluding hydrogens is 288 g/mol. The Balaban J connectivity index is 2.19. The number of halogens is 4. The minimum atomic E-state index is -1.28. The number of amides is 1. The van der Waals surface area contributed by atoms with Gasteiger partial charge >= 0.3 is 0 Å². The van der Waals surface area contributed by atoms with Gasteiger partial charge in [0, 0.05) is 23.9 Å². The molecular formula is C14H10F4N2O. The first kappa shape index (κ1) is 14.8. The zero-order valence-corrected chi connectivity index (χ0v) is 10.6. The van der Waals surface area contributed by atoms with E-state index < -0.39 is 29.2 Å². The lowest BCUT2D eigenvalue weighted by Crippen LogP contribution is -2.13. The van der Waals surface area contributed by atoms with E-state index in [2.05, 4.69) is 5.32 Å². The molecule has 0 aromatic heterocycles. The predicted octanol–water partition coefficient (Wildman–Crippen LogP) is 2.95. The summed E-state index contributed by atoms with van der Waals surface area (Å²) in [4.78, 5) is 11.0. The molecule has 1 amide bonds. The molecule has 2 rings (SSSR count). The van der Waals surface area contributed by atoms with Crippen molar-refractivity contribution in [3.05, 3.63) is 64.7 Å². The highest BCUT2D eigenvalue weighted by Gasteiger charge is 2.11. The van der Waals surface area contributed by atoms with Crippen LogP contribution in [0.1, 0.15) is 15.9 Å². The monoisotopic (exact) mass is 298 g/mol. The van der Waals surface area contributed by atoms with Crippen LogP contribution in [0.15, 0.2) is 30.3 Å². The summed E-state index contributed by atoms with van der Waals surface area (Å²) in [5, 5.41) is 2.67. The molecule has 0 bridgehead atoms. The Kier molecular flexibility index (Phi) is 4.11. The largest absolute Gasteiger partial charge is 0.381 e. The second kappa shape index (κ2) is 5.82. The molecule has 0 radical (unpaired) electrons. The van der Waals surface area contributed by atoms with Gasteiger partial charge in [-0.1, -0.05) is 0 Å². The van der Waals surface area contributed by atoms with Gasteiger partial charge in [0.05, 0.1) is 5.56 Å². The average molecular weight is 298 g/mol. The molecule has 2 aromatic carbocycles. The lowest BCUT2D eigenvalue weighted by molar-refractivity contribution is 0.0996. The van der Waals surface area contributed by atoms with Gasteiger partial charge in [-0.3, -0.25) is 4.79 Å². The molecule has 0 saturated heterocycles. The maximum absolute atomic E-state index is 13.4. The third kappa shape index (κ3) is 3.31. The number of primary amides is 1. The molecule has 0 heterocycles. The Morgan fingerprint density at radius 1 is 0.952 bits per heavy atom. The van der Waals surface area contributed by atoms with Gasteiger partial charge in [0.1, 0.15) is 11.6 Å². The van der Waals surface area contributed by atoms with Gasteiger partial charge < -0.3 is 11.1 Å². The normalized spacial score (nSPS) is 10.5. The van der Waals surface area contributed by atoms with E-state index in [4.69, 9.17) is 5.73 Å². The van der Waals surface area contributed by atoms with Crippen molar-refractivity contribution in [1.82, 2.24) is 0 Å². The Labute approximate surface area is 117 Å². The number of rotatable bonds is 4. The van der Waals surface area contributed by atoms with Crippen molar-refractivity contribution >= 4 is 11.6 Å². The predicted molar refractivity (Wildman–Crippen MR) is 68.6 cm³/mol. The molecule has 3 N–H and O–H groups in total. The van der Waals surface area contributed by atoms with E-state index in [-0.39, 0.29) is 23.4 Å². The summed E-state index contributed by atoms with van der Waals surface area (Å²) < 4.78 is 52.5. The standard InChI is InChI=1S/C14H10F4N2O/c15-10-2-1-8(4-9(10)14(19)21)20-6-7-3-12(17)13(18)5-11(7)16/h1-5,20H,6H2,(H2,19,21). The smallest absolute Gasteiger partial charge is 0.251 e. The summed E-state index contributed by atoms with van der Waals surface area (Å²) in [6.45, 7) is -0.174. The van der Waals surface area contributed by atoms with Gasteiger partial charge in [-0.05, 0) is 24.3 Å². The lowest BCUT2D eigenvalue weighted by Gasteiger charge is -2.09. The summed E-state index contributed by atoms with van der Waals surface area (Å²) in [6.07, 6.45) is 0. The number of nitrogens with one attached hydrogen (secondary N) is 1. The first-order chi connectivity index (χ1) is 9.88. The number of carbonyl (C=O) groups excluding carboxylic acids is 1. The van der Waals surface area contributed by atoms with Gasteiger partial charge in [0.2, 0.25) is 0 Å². The van der Waals surface area contributed by atoms with Crippen molar-refractivity contribution < 1.29 is 22.4 Å². The molecule has 0 aliphatic rings. The molecule has 0 fully saturated rings. The highest BCUT2D eigenvalue weighted by molar-refractivity contribution is 5.94. The second-order valence-corrected chi connectivity index (χ2v) is 4.27. The van der Waals surface area contributed by atoms with Crippen LogP contribution in [0.5, 0.6) is 0 Å². The van der Waals surface area contributed by atoms with Crippen molar-refractivity contribution in [3.63, 3.8) is 0 Å². The number of carbonyl (C=O) groups is 1. The molecule has 0 aliphatic heterocycles. The minimum Gasteiger partial charge on any atom is -0.381 e. The average Bonchev–Trinajstić information content (AvgIpc) is 2.42. The fraction of sp³-hybridized carbons (Fsp3) is 0.0714. The first-order valence-electron chi connectivity index (χ1n) is 5.85. The Bertz CT molecular complexity index is 704. The van der Waals surface area contributed by atoms with Crippen LogP contribution < -0.4 is 11.1 Å². The quantitative estimate of drug-likeness (QED) is 0.673.